The minimum absolute atomic E-state index is 0. The zero-order valence-electron chi connectivity index (χ0n) is 8.13. The number of hydrogen-bond acceptors (Lipinski definition) is 3. The zero-order chi connectivity index (χ0) is 9.80. The number of carbonyl (C=O) groups is 1. The molecule has 0 unspecified atom stereocenters. The van der Waals surface area contributed by atoms with Gasteiger partial charge in [-0.3, -0.25) is 4.79 Å². The second kappa shape index (κ2) is 5.98. The van der Waals surface area contributed by atoms with Gasteiger partial charge in [0.05, 0.1) is 12.4 Å². The fourth-order valence-corrected chi connectivity index (χ4v) is 2.02. The lowest BCUT2D eigenvalue weighted by molar-refractivity contribution is 0.0963. The molecule has 0 aromatic heterocycles. The molecule has 0 bridgehead atoms. The maximum absolute atomic E-state index is 11.7. The molecular formula is C11H12BrNOS. The summed E-state index contributed by atoms with van der Waals surface area (Å²) in [5.41, 5.74) is 0.790. The van der Waals surface area contributed by atoms with Crippen LogP contribution < -0.4 is 0 Å². The fourth-order valence-electron chi connectivity index (χ4n) is 1.31. The lowest BCUT2D eigenvalue weighted by Gasteiger charge is -2.12. The first-order valence-electron chi connectivity index (χ1n) is 4.47. The quantitative estimate of drug-likeness (QED) is 0.797. The van der Waals surface area contributed by atoms with Crippen molar-refractivity contribution in [3.05, 3.63) is 47.5 Å². The second-order valence-electron chi connectivity index (χ2n) is 3.12. The van der Waals surface area contributed by atoms with Crippen LogP contribution in [-0.2, 0) is 0 Å². The Hall–Kier alpha value is -0.740. The molecule has 0 aliphatic carbocycles. The van der Waals surface area contributed by atoms with Gasteiger partial charge in [0, 0.05) is 11.8 Å². The first-order chi connectivity index (χ1) is 6.86. The minimum Gasteiger partial charge on any atom is -0.360 e. The van der Waals surface area contributed by atoms with E-state index in [0.29, 0.717) is 6.54 Å². The number of carbonyl (C=O) groups excluding carboxylic acids is 1. The summed E-state index contributed by atoms with van der Waals surface area (Å²) in [5.74, 6) is 1.07. The first-order valence-corrected chi connectivity index (χ1v) is 5.52. The number of thioether (sulfide) groups is 1. The van der Waals surface area contributed by atoms with E-state index >= 15 is 0 Å². The van der Waals surface area contributed by atoms with Gasteiger partial charge in [-0.25, -0.2) is 0 Å². The molecule has 2 nitrogen and oxygen atoms in total. The van der Waals surface area contributed by atoms with Crippen molar-refractivity contribution in [2.75, 3.05) is 12.4 Å². The minimum atomic E-state index is 0. The van der Waals surface area contributed by atoms with Crippen LogP contribution in [0.25, 0.3) is 0 Å². The van der Waals surface area contributed by atoms with Gasteiger partial charge in [0.15, 0.2) is 5.78 Å². The maximum Gasteiger partial charge on any atom is 0.182 e. The summed E-state index contributed by atoms with van der Waals surface area (Å²) in [6.45, 7) is 0.480. The Bertz CT molecular complexity index is 353. The average Bonchev–Trinajstić information content (AvgIpc) is 2.72. The van der Waals surface area contributed by atoms with E-state index in [9.17, 15) is 4.79 Å². The van der Waals surface area contributed by atoms with Crippen LogP contribution in [0, 0.1) is 0 Å². The van der Waals surface area contributed by atoms with E-state index in [2.05, 4.69) is 0 Å². The largest absolute Gasteiger partial charge is 0.360 e. The Balaban J connectivity index is 0.00000112. The van der Waals surface area contributed by atoms with Gasteiger partial charge in [0.25, 0.3) is 0 Å². The van der Waals surface area contributed by atoms with Gasteiger partial charge in [-0.2, -0.15) is 0 Å². The highest BCUT2D eigenvalue weighted by Gasteiger charge is 2.11. The van der Waals surface area contributed by atoms with E-state index in [1.165, 1.54) is 0 Å². The SMILES string of the molecule is Br.O=C(CN1C=CSC1)c1ccccc1. The Morgan fingerprint density at radius 3 is 2.67 bits per heavy atom. The summed E-state index contributed by atoms with van der Waals surface area (Å²) < 4.78 is 0. The number of rotatable bonds is 3. The van der Waals surface area contributed by atoms with Crippen LogP contribution >= 0.6 is 28.7 Å². The van der Waals surface area contributed by atoms with E-state index in [1.54, 1.807) is 11.8 Å². The molecule has 0 atom stereocenters. The van der Waals surface area contributed by atoms with Crippen LogP contribution in [0.4, 0.5) is 0 Å². The van der Waals surface area contributed by atoms with Gasteiger partial charge in [-0.15, -0.1) is 28.7 Å². The van der Waals surface area contributed by atoms with E-state index in [1.807, 2.05) is 46.8 Å². The molecule has 80 valence electrons. The van der Waals surface area contributed by atoms with Crippen molar-refractivity contribution in [2.24, 2.45) is 0 Å². The van der Waals surface area contributed by atoms with Crippen LogP contribution in [0.3, 0.4) is 0 Å². The van der Waals surface area contributed by atoms with Gasteiger partial charge >= 0.3 is 0 Å². The maximum atomic E-state index is 11.7. The second-order valence-corrected chi connectivity index (χ2v) is 3.98. The highest BCUT2D eigenvalue weighted by molar-refractivity contribution is 8.93. The molecule has 0 fully saturated rings. The molecule has 4 heteroatoms. The molecule has 15 heavy (non-hydrogen) atoms. The summed E-state index contributed by atoms with van der Waals surface area (Å²) in [6, 6.07) is 9.41. The Kier molecular flexibility index (Phi) is 4.91. The van der Waals surface area contributed by atoms with Crippen molar-refractivity contribution < 1.29 is 4.79 Å². The van der Waals surface area contributed by atoms with E-state index in [0.717, 1.165) is 11.4 Å². The molecule has 0 saturated carbocycles. The molecule has 1 heterocycles. The number of nitrogens with zero attached hydrogens (tertiary/aromatic N) is 1. The standard InChI is InChI=1S/C11H11NOS.BrH/c13-11(8-12-6-7-14-9-12)10-4-2-1-3-5-10;/h1-7H,8-9H2;1H. The molecule has 1 aromatic carbocycles. The van der Waals surface area contributed by atoms with Crippen LogP contribution in [0.2, 0.25) is 0 Å². The van der Waals surface area contributed by atoms with Crippen molar-refractivity contribution >= 4 is 34.5 Å². The van der Waals surface area contributed by atoms with Gasteiger partial charge in [0.1, 0.15) is 0 Å². The molecule has 0 radical (unpaired) electrons. The number of halogens is 1. The van der Waals surface area contributed by atoms with E-state index < -0.39 is 0 Å². The van der Waals surface area contributed by atoms with Gasteiger partial charge in [-0.05, 0) is 5.41 Å². The van der Waals surface area contributed by atoms with Gasteiger partial charge < -0.3 is 4.90 Å². The Labute approximate surface area is 104 Å². The monoisotopic (exact) mass is 285 g/mol. The third-order valence-electron chi connectivity index (χ3n) is 2.05. The number of hydrogen-bond donors (Lipinski definition) is 0. The average molecular weight is 286 g/mol. The molecular weight excluding hydrogens is 274 g/mol. The number of Topliss-reactive ketones (excluding diaryl/α,β-unsaturated/α-hetero) is 1. The third-order valence-corrected chi connectivity index (χ3v) is 2.85. The van der Waals surface area contributed by atoms with Gasteiger partial charge in [-0.1, -0.05) is 30.3 Å². The normalized spacial score (nSPS) is 13.7. The molecule has 0 amide bonds. The predicted molar refractivity (Wildman–Crippen MR) is 69.4 cm³/mol. The molecule has 0 N–H and O–H groups in total. The molecule has 1 aromatic rings. The van der Waals surface area contributed by atoms with E-state index in [4.69, 9.17) is 0 Å². The smallest absolute Gasteiger partial charge is 0.182 e. The van der Waals surface area contributed by atoms with Crippen LogP contribution in [0.15, 0.2) is 41.9 Å². The summed E-state index contributed by atoms with van der Waals surface area (Å²) in [6.07, 6.45) is 1.96. The van der Waals surface area contributed by atoms with Crippen LogP contribution in [0.5, 0.6) is 0 Å². The molecule has 1 aliphatic rings. The van der Waals surface area contributed by atoms with Crippen molar-refractivity contribution in [2.45, 2.75) is 0 Å². The summed E-state index contributed by atoms with van der Waals surface area (Å²) in [4.78, 5) is 13.7. The van der Waals surface area contributed by atoms with E-state index in [-0.39, 0.29) is 22.8 Å². The summed E-state index contributed by atoms with van der Waals surface area (Å²) in [5, 5.41) is 2.01. The van der Waals surface area contributed by atoms with Crippen molar-refractivity contribution in [1.82, 2.24) is 4.90 Å². The van der Waals surface area contributed by atoms with Crippen LogP contribution in [-0.4, -0.2) is 23.1 Å². The first kappa shape index (κ1) is 12.3. The lowest BCUT2D eigenvalue weighted by Crippen LogP contribution is -2.22. The number of benzene rings is 1. The topological polar surface area (TPSA) is 20.3 Å². The third kappa shape index (κ3) is 3.39. The van der Waals surface area contributed by atoms with Gasteiger partial charge in [0.2, 0.25) is 0 Å². The summed E-state index contributed by atoms with van der Waals surface area (Å²) >= 11 is 1.71. The highest BCUT2D eigenvalue weighted by Crippen LogP contribution is 2.15. The van der Waals surface area contributed by atoms with Crippen molar-refractivity contribution in [1.29, 1.82) is 0 Å². The van der Waals surface area contributed by atoms with Crippen LogP contribution in [0.1, 0.15) is 10.4 Å². The highest BCUT2D eigenvalue weighted by atomic mass is 79.9. The molecule has 2 rings (SSSR count). The lowest BCUT2D eigenvalue weighted by atomic mass is 10.1. The summed E-state index contributed by atoms with van der Waals surface area (Å²) in [7, 11) is 0. The Morgan fingerprint density at radius 1 is 1.33 bits per heavy atom. The Morgan fingerprint density at radius 2 is 2.07 bits per heavy atom. The molecule has 0 saturated heterocycles. The fraction of sp³-hybridized carbons (Fsp3) is 0.182. The number of ketones is 1. The van der Waals surface area contributed by atoms with Crippen molar-refractivity contribution in [3.8, 4) is 0 Å². The van der Waals surface area contributed by atoms with Crippen molar-refractivity contribution in [3.63, 3.8) is 0 Å². The zero-order valence-corrected chi connectivity index (χ0v) is 10.7. The molecule has 1 aliphatic heterocycles. The predicted octanol–water partition coefficient (Wildman–Crippen LogP) is 2.92. The molecule has 0 spiro atoms.